The fourth-order valence-electron chi connectivity index (χ4n) is 2.66. The second-order valence-electron chi connectivity index (χ2n) is 5.82. The van der Waals surface area contributed by atoms with Crippen molar-refractivity contribution in [2.45, 2.75) is 32.6 Å². The number of rotatable bonds is 6. The number of nitrogens with zero attached hydrogens (tertiary/aromatic N) is 2. The molecule has 0 bridgehead atoms. The van der Waals surface area contributed by atoms with Crippen molar-refractivity contribution >= 4 is 27.1 Å². The molecule has 0 aliphatic carbocycles. The molecule has 1 aliphatic heterocycles. The third-order valence-electron chi connectivity index (χ3n) is 3.96. The normalized spacial score (nSPS) is 20.2. The van der Waals surface area contributed by atoms with Crippen molar-refractivity contribution in [3.05, 3.63) is 15.6 Å². The van der Waals surface area contributed by atoms with Gasteiger partial charge in [-0.25, -0.2) is 13.4 Å². The van der Waals surface area contributed by atoms with Crippen molar-refractivity contribution in [3.63, 3.8) is 0 Å². The maximum Gasteiger partial charge on any atom is 0.318 e. The maximum absolute atomic E-state index is 11.7. The fourth-order valence-corrected chi connectivity index (χ4v) is 4.77. The molecule has 1 fully saturated rings. The average Bonchev–Trinajstić information content (AvgIpc) is 2.76. The summed E-state index contributed by atoms with van der Waals surface area (Å²) in [5, 5.41) is 9.74. The van der Waals surface area contributed by atoms with Gasteiger partial charge in [0.2, 0.25) is 0 Å². The van der Waals surface area contributed by atoms with Gasteiger partial charge in [-0.2, -0.15) is 0 Å². The summed E-state index contributed by atoms with van der Waals surface area (Å²) in [7, 11) is -3.52. The molecule has 1 N–H and O–H groups in total. The lowest BCUT2D eigenvalue weighted by molar-refractivity contribution is -0.134. The van der Waals surface area contributed by atoms with Gasteiger partial charge in [0.25, 0.3) is 0 Å². The van der Waals surface area contributed by atoms with Crippen molar-refractivity contribution in [3.8, 4) is 0 Å². The summed E-state index contributed by atoms with van der Waals surface area (Å²) >= 11 is 1.72. The van der Waals surface area contributed by atoms with Gasteiger partial charge in [0, 0.05) is 23.9 Å². The minimum Gasteiger partial charge on any atom is -0.480 e. The van der Waals surface area contributed by atoms with E-state index in [9.17, 15) is 13.2 Å². The van der Waals surface area contributed by atoms with Crippen LogP contribution in [-0.2, 0) is 14.6 Å². The summed E-state index contributed by atoms with van der Waals surface area (Å²) in [6, 6.07) is 0. The van der Waals surface area contributed by atoms with E-state index in [-0.39, 0.29) is 5.75 Å². The number of aliphatic carboxylic acids is 1. The minimum atomic E-state index is -3.52. The van der Waals surface area contributed by atoms with Crippen LogP contribution in [0.5, 0.6) is 0 Å². The van der Waals surface area contributed by atoms with Crippen LogP contribution in [0.4, 0.5) is 0 Å². The quantitative estimate of drug-likeness (QED) is 0.838. The molecule has 0 spiro atoms. The van der Waals surface area contributed by atoms with E-state index in [1.807, 2.05) is 6.92 Å². The van der Waals surface area contributed by atoms with Crippen LogP contribution in [-0.4, -0.2) is 60.5 Å². The molecule has 6 nitrogen and oxygen atoms in total. The Labute approximate surface area is 135 Å². The van der Waals surface area contributed by atoms with Crippen LogP contribution in [0.15, 0.2) is 0 Å². The van der Waals surface area contributed by atoms with Gasteiger partial charge < -0.3 is 10.0 Å². The first-order chi connectivity index (χ1) is 10.3. The van der Waals surface area contributed by atoms with Crippen LogP contribution < -0.4 is 0 Å². The third-order valence-corrected chi connectivity index (χ3v) is 6.69. The summed E-state index contributed by atoms with van der Waals surface area (Å²) < 4.78 is 23.3. The van der Waals surface area contributed by atoms with Crippen LogP contribution in [0.25, 0.3) is 0 Å². The first-order valence-corrected chi connectivity index (χ1v) is 9.99. The molecule has 2 heterocycles. The Morgan fingerprint density at radius 3 is 2.77 bits per heavy atom. The predicted octanol–water partition coefficient (Wildman–Crippen LogP) is 1.44. The molecule has 22 heavy (non-hydrogen) atoms. The fraction of sp³-hybridized carbons (Fsp3) is 0.714. The number of aromatic nitrogens is 1. The lowest BCUT2D eigenvalue weighted by atomic mass is 9.99. The summed E-state index contributed by atoms with van der Waals surface area (Å²) in [5.41, 5.74) is 1.07. The van der Waals surface area contributed by atoms with Gasteiger partial charge in [-0.3, -0.25) is 4.79 Å². The van der Waals surface area contributed by atoms with E-state index < -0.39 is 21.6 Å². The molecule has 1 aromatic rings. The number of hydrogen-bond donors (Lipinski definition) is 1. The van der Waals surface area contributed by atoms with Crippen molar-refractivity contribution in [1.82, 2.24) is 9.88 Å². The Kier molecular flexibility index (Phi) is 5.57. The Hall–Kier alpha value is -0.990. The monoisotopic (exact) mass is 346 g/mol. The van der Waals surface area contributed by atoms with Gasteiger partial charge in [0.1, 0.15) is 5.75 Å². The van der Waals surface area contributed by atoms with E-state index in [4.69, 9.17) is 5.11 Å². The summed E-state index contributed by atoms with van der Waals surface area (Å²) in [5.74, 6) is -1.81. The molecule has 1 atom stereocenters. The highest BCUT2D eigenvalue weighted by Gasteiger charge is 2.25. The van der Waals surface area contributed by atoms with Crippen molar-refractivity contribution < 1.29 is 18.3 Å². The molecule has 1 aliphatic rings. The van der Waals surface area contributed by atoms with Gasteiger partial charge in [0.15, 0.2) is 9.84 Å². The largest absolute Gasteiger partial charge is 0.480 e. The molecular weight excluding hydrogens is 324 g/mol. The van der Waals surface area contributed by atoms with Crippen LogP contribution in [0, 0.1) is 13.8 Å². The molecule has 124 valence electrons. The first kappa shape index (κ1) is 17.4. The van der Waals surface area contributed by atoms with Crippen molar-refractivity contribution in [2.24, 2.45) is 0 Å². The zero-order valence-electron chi connectivity index (χ0n) is 12.9. The van der Waals surface area contributed by atoms with Gasteiger partial charge in [-0.05, 0) is 33.2 Å². The first-order valence-electron chi connectivity index (χ1n) is 7.35. The lowest BCUT2D eigenvalue weighted by Crippen LogP contribution is -2.38. The number of carbonyl (C=O) groups is 1. The van der Waals surface area contributed by atoms with Crippen molar-refractivity contribution in [2.75, 3.05) is 31.1 Å². The van der Waals surface area contributed by atoms with Gasteiger partial charge in [-0.1, -0.05) is 0 Å². The van der Waals surface area contributed by atoms with Crippen LogP contribution in [0.3, 0.4) is 0 Å². The number of thiazole rings is 1. The molecule has 0 amide bonds. The Morgan fingerprint density at radius 2 is 2.18 bits per heavy atom. The number of carboxylic acids is 1. The molecule has 1 saturated heterocycles. The highest BCUT2D eigenvalue weighted by Crippen LogP contribution is 2.31. The van der Waals surface area contributed by atoms with Crippen LogP contribution in [0.2, 0.25) is 0 Å². The highest BCUT2D eigenvalue weighted by molar-refractivity contribution is 7.92. The Bertz CT molecular complexity index is 620. The molecule has 0 saturated carbocycles. The van der Waals surface area contributed by atoms with Gasteiger partial charge >= 0.3 is 5.97 Å². The van der Waals surface area contributed by atoms with E-state index in [1.54, 1.807) is 11.3 Å². The molecule has 0 radical (unpaired) electrons. The minimum absolute atomic E-state index is 0.0953. The second-order valence-corrected chi connectivity index (χ2v) is 9.24. The lowest BCUT2D eigenvalue weighted by Gasteiger charge is -2.31. The number of sulfone groups is 1. The topological polar surface area (TPSA) is 87.6 Å². The van der Waals surface area contributed by atoms with Gasteiger partial charge in [-0.15, -0.1) is 11.3 Å². The molecule has 0 aromatic carbocycles. The summed E-state index contributed by atoms with van der Waals surface area (Å²) in [6.07, 6.45) is 2.09. The summed E-state index contributed by atoms with van der Waals surface area (Å²) in [4.78, 5) is 18.5. The number of piperidine rings is 1. The van der Waals surface area contributed by atoms with Crippen LogP contribution >= 0.6 is 11.3 Å². The molecule has 8 heteroatoms. The summed E-state index contributed by atoms with van der Waals surface area (Å²) in [6.45, 7) is 6.14. The van der Waals surface area contributed by atoms with Gasteiger partial charge in [0.05, 0.1) is 16.5 Å². The van der Waals surface area contributed by atoms with E-state index >= 15 is 0 Å². The molecule has 1 unspecified atom stereocenters. The number of aryl methyl sites for hydroxylation is 2. The second kappa shape index (κ2) is 7.06. The van der Waals surface area contributed by atoms with E-state index in [0.29, 0.717) is 12.5 Å². The number of hydrogen-bond acceptors (Lipinski definition) is 6. The average molecular weight is 346 g/mol. The molecule has 2 rings (SSSR count). The van der Waals surface area contributed by atoms with Crippen molar-refractivity contribution in [1.29, 1.82) is 0 Å². The van der Waals surface area contributed by atoms with Crippen LogP contribution in [0.1, 0.15) is 34.3 Å². The SMILES string of the molecule is Cc1nc(C2CCCN(CCS(=O)(=O)CC(=O)O)C2)sc1C. The highest BCUT2D eigenvalue weighted by atomic mass is 32.2. The standard InChI is InChI=1S/C14H22N2O4S2/c1-10-11(2)21-14(15-10)12-4-3-5-16(8-12)6-7-22(19,20)9-13(17)18/h12H,3-9H2,1-2H3,(H,17,18). The van der Waals surface area contributed by atoms with E-state index in [2.05, 4.69) is 16.8 Å². The maximum atomic E-state index is 11.7. The number of carboxylic acid groups (broad SMARTS) is 1. The molecule has 1 aromatic heterocycles. The zero-order chi connectivity index (χ0) is 16.3. The Balaban J connectivity index is 1.92. The van der Waals surface area contributed by atoms with E-state index in [1.165, 1.54) is 4.88 Å². The number of likely N-dealkylation sites (tertiary alicyclic amines) is 1. The third kappa shape index (κ3) is 4.76. The Morgan fingerprint density at radius 1 is 1.45 bits per heavy atom. The predicted molar refractivity (Wildman–Crippen MR) is 86.3 cm³/mol. The van der Waals surface area contributed by atoms with E-state index in [0.717, 1.165) is 36.6 Å². The molecular formula is C14H22N2O4S2. The smallest absolute Gasteiger partial charge is 0.318 e. The zero-order valence-corrected chi connectivity index (χ0v) is 14.5.